The van der Waals surface area contributed by atoms with Gasteiger partial charge in [-0.2, -0.15) is 0 Å². The van der Waals surface area contributed by atoms with Gasteiger partial charge in [0.1, 0.15) is 12.4 Å². The Balaban J connectivity index is 2.01. The highest BCUT2D eigenvalue weighted by atomic mass is 32.1. The maximum Gasteiger partial charge on any atom is 0.159 e. The van der Waals surface area contributed by atoms with Crippen LogP contribution in [-0.4, -0.2) is 5.78 Å². The van der Waals surface area contributed by atoms with E-state index in [9.17, 15) is 4.79 Å². The summed E-state index contributed by atoms with van der Waals surface area (Å²) >= 11 is 1.77. The van der Waals surface area contributed by atoms with E-state index in [1.165, 1.54) is 9.75 Å². The third-order valence-electron chi connectivity index (χ3n) is 2.69. The molecule has 2 rings (SSSR count). The lowest BCUT2D eigenvalue weighted by Gasteiger charge is -2.05. The average Bonchev–Trinajstić information content (AvgIpc) is 2.84. The van der Waals surface area contributed by atoms with Crippen LogP contribution in [0.5, 0.6) is 5.75 Å². The fourth-order valence-corrected chi connectivity index (χ4v) is 2.52. The highest BCUT2D eigenvalue weighted by molar-refractivity contribution is 7.11. The van der Waals surface area contributed by atoms with Gasteiger partial charge in [-0.05, 0) is 37.6 Å². The van der Waals surface area contributed by atoms with Gasteiger partial charge in [0.05, 0.1) is 0 Å². The topological polar surface area (TPSA) is 26.3 Å². The molecular formula is C15H16O2S. The fourth-order valence-electron chi connectivity index (χ4n) is 1.65. The molecule has 2 nitrogen and oxygen atoms in total. The van der Waals surface area contributed by atoms with Crippen molar-refractivity contribution in [3.8, 4) is 5.75 Å². The molecule has 0 aliphatic carbocycles. The molecule has 0 radical (unpaired) electrons. The first kappa shape index (κ1) is 12.8. The van der Waals surface area contributed by atoms with Gasteiger partial charge in [0.25, 0.3) is 0 Å². The molecule has 1 heterocycles. The number of rotatable bonds is 5. The summed E-state index contributed by atoms with van der Waals surface area (Å²) in [5, 5.41) is 0. The maximum absolute atomic E-state index is 11.3. The monoisotopic (exact) mass is 260 g/mol. The lowest BCUT2D eigenvalue weighted by atomic mass is 10.1. The van der Waals surface area contributed by atoms with Gasteiger partial charge in [0.15, 0.2) is 5.78 Å². The maximum atomic E-state index is 11.3. The molecule has 1 aromatic heterocycles. The molecule has 2 aromatic rings. The van der Waals surface area contributed by atoms with E-state index in [0.29, 0.717) is 12.2 Å². The quantitative estimate of drug-likeness (QED) is 0.757. The molecule has 0 spiro atoms. The summed E-state index contributed by atoms with van der Waals surface area (Å²) in [6.45, 7) is 4.27. The summed E-state index contributed by atoms with van der Waals surface area (Å²) in [5.74, 6) is 0.805. The van der Waals surface area contributed by atoms with Crippen molar-refractivity contribution >= 4 is 17.1 Å². The number of hydrogen-bond donors (Lipinski definition) is 0. The van der Waals surface area contributed by atoms with Crippen molar-refractivity contribution in [1.82, 2.24) is 0 Å². The normalized spacial score (nSPS) is 10.3. The minimum absolute atomic E-state index is 0.0600. The number of benzene rings is 1. The SMILES string of the molecule is CCc1ccc(COc2cccc(C(C)=O)c2)s1. The Morgan fingerprint density at radius 1 is 1.22 bits per heavy atom. The summed E-state index contributed by atoms with van der Waals surface area (Å²) < 4.78 is 5.70. The number of carbonyl (C=O) groups excluding carboxylic acids is 1. The second-order valence-electron chi connectivity index (χ2n) is 4.09. The Bertz CT molecular complexity index is 543. The molecule has 0 unspecified atom stereocenters. The molecular weight excluding hydrogens is 244 g/mol. The largest absolute Gasteiger partial charge is 0.488 e. The number of ketones is 1. The fraction of sp³-hybridized carbons (Fsp3) is 0.267. The molecule has 0 N–H and O–H groups in total. The molecule has 0 atom stereocenters. The van der Waals surface area contributed by atoms with Crippen LogP contribution in [0.1, 0.15) is 34.0 Å². The van der Waals surface area contributed by atoms with Gasteiger partial charge in [0.2, 0.25) is 0 Å². The average molecular weight is 260 g/mol. The van der Waals surface area contributed by atoms with Gasteiger partial charge < -0.3 is 4.74 Å². The van der Waals surface area contributed by atoms with E-state index in [4.69, 9.17) is 4.74 Å². The molecule has 0 bridgehead atoms. The second kappa shape index (κ2) is 5.83. The highest BCUT2D eigenvalue weighted by Gasteiger charge is 2.03. The number of ether oxygens (including phenoxy) is 1. The lowest BCUT2D eigenvalue weighted by molar-refractivity contribution is 0.101. The van der Waals surface area contributed by atoms with E-state index >= 15 is 0 Å². The Morgan fingerprint density at radius 3 is 2.67 bits per heavy atom. The minimum atomic E-state index is 0.0600. The van der Waals surface area contributed by atoms with Gasteiger partial charge in [-0.25, -0.2) is 0 Å². The van der Waals surface area contributed by atoms with Gasteiger partial charge in [-0.15, -0.1) is 11.3 Å². The van der Waals surface area contributed by atoms with Crippen LogP contribution >= 0.6 is 11.3 Å². The molecule has 0 amide bonds. The van der Waals surface area contributed by atoms with E-state index in [1.807, 2.05) is 12.1 Å². The van der Waals surface area contributed by atoms with E-state index < -0.39 is 0 Å². The molecule has 1 aromatic carbocycles. The van der Waals surface area contributed by atoms with Crippen LogP contribution in [0.2, 0.25) is 0 Å². The molecule has 3 heteroatoms. The van der Waals surface area contributed by atoms with Crippen molar-refractivity contribution in [3.63, 3.8) is 0 Å². The van der Waals surface area contributed by atoms with Crippen molar-refractivity contribution in [1.29, 1.82) is 0 Å². The third-order valence-corrected chi connectivity index (χ3v) is 3.89. The number of Topliss-reactive ketones (excluding diaryl/α,β-unsaturated/α-hetero) is 1. The molecule has 18 heavy (non-hydrogen) atoms. The number of thiophene rings is 1. The van der Waals surface area contributed by atoms with Gasteiger partial charge in [-0.1, -0.05) is 19.1 Å². The van der Waals surface area contributed by atoms with Crippen LogP contribution in [0.25, 0.3) is 0 Å². The highest BCUT2D eigenvalue weighted by Crippen LogP contribution is 2.20. The minimum Gasteiger partial charge on any atom is -0.488 e. The Hall–Kier alpha value is -1.61. The predicted molar refractivity (Wildman–Crippen MR) is 74.5 cm³/mol. The number of carbonyl (C=O) groups is 1. The van der Waals surface area contributed by atoms with E-state index in [2.05, 4.69) is 19.1 Å². The molecule has 0 aliphatic rings. The van der Waals surface area contributed by atoms with Crippen LogP contribution in [0.3, 0.4) is 0 Å². The van der Waals surface area contributed by atoms with Crippen molar-refractivity contribution < 1.29 is 9.53 Å². The second-order valence-corrected chi connectivity index (χ2v) is 5.35. The van der Waals surface area contributed by atoms with Gasteiger partial charge >= 0.3 is 0 Å². The van der Waals surface area contributed by atoms with Crippen molar-refractivity contribution in [3.05, 3.63) is 51.7 Å². The van der Waals surface area contributed by atoms with Crippen LogP contribution in [0.4, 0.5) is 0 Å². The Morgan fingerprint density at radius 2 is 2.00 bits per heavy atom. The van der Waals surface area contributed by atoms with E-state index in [1.54, 1.807) is 30.4 Å². The summed E-state index contributed by atoms with van der Waals surface area (Å²) in [7, 11) is 0. The van der Waals surface area contributed by atoms with Crippen molar-refractivity contribution in [2.75, 3.05) is 0 Å². The van der Waals surface area contributed by atoms with Crippen LogP contribution < -0.4 is 4.74 Å². The molecule has 0 saturated carbocycles. The zero-order valence-corrected chi connectivity index (χ0v) is 11.4. The number of aryl methyl sites for hydroxylation is 1. The van der Waals surface area contributed by atoms with Gasteiger partial charge in [0, 0.05) is 15.3 Å². The smallest absolute Gasteiger partial charge is 0.159 e. The predicted octanol–water partition coefficient (Wildman–Crippen LogP) is 4.09. The lowest BCUT2D eigenvalue weighted by Crippen LogP contribution is -1.96. The van der Waals surface area contributed by atoms with Crippen LogP contribution in [0, 0.1) is 0 Å². The van der Waals surface area contributed by atoms with Crippen molar-refractivity contribution in [2.45, 2.75) is 26.9 Å². The summed E-state index contributed by atoms with van der Waals surface area (Å²) in [6.07, 6.45) is 1.06. The van der Waals surface area contributed by atoms with Crippen LogP contribution in [0.15, 0.2) is 36.4 Å². The molecule has 0 saturated heterocycles. The first-order valence-electron chi connectivity index (χ1n) is 6.00. The van der Waals surface area contributed by atoms with E-state index in [0.717, 1.165) is 12.2 Å². The number of hydrogen-bond acceptors (Lipinski definition) is 3. The molecule has 0 aliphatic heterocycles. The summed E-state index contributed by atoms with van der Waals surface area (Å²) in [4.78, 5) is 13.8. The summed E-state index contributed by atoms with van der Waals surface area (Å²) in [6, 6.07) is 11.5. The molecule has 94 valence electrons. The van der Waals surface area contributed by atoms with Gasteiger partial charge in [-0.3, -0.25) is 4.79 Å². The van der Waals surface area contributed by atoms with Crippen LogP contribution in [-0.2, 0) is 13.0 Å². The Kier molecular flexibility index (Phi) is 4.15. The third kappa shape index (κ3) is 3.20. The first-order chi connectivity index (χ1) is 8.69. The zero-order chi connectivity index (χ0) is 13.0. The standard InChI is InChI=1S/C15H16O2S/c1-3-14-7-8-15(18-14)10-17-13-6-4-5-12(9-13)11(2)16/h4-9H,3,10H2,1-2H3. The first-order valence-corrected chi connectivity index (χ1v) is 6.82. The molecule has 0 fully saturated rings. The zero-order valence-electron chi connectivity index (χ0n) is 10.6. The van der Waals surface area contributed by atoms with E-state index in [-0.39, 0.29) is 5.78 Å². The Labute approximate surface area is 111 Å². The summed E-state index contributed by atoms with van der Waals surface area (Å²) in [5.41, 5.74) is 0.688. The van der Waals surface area contributed by atoms with Crippen molar-refractivity contribution in [2.24, 2.45) is 0 Å².